The molecule has 7 nitrogen and oxygen atoms in total. The van der Waals surface area contributed by atoms with Gasteiger partial charge >= 0.3 is 5.97 Å². The third-order valence-electron chi connectivity index (χ3n) is 1.86. The van der Waals surface area contributed by atoms with Gasteiger partial charge < -0.3 is 15.8 Å². The quantitative estimate of drug-likeness (QED) is 0.354. The van der Waals surface area contributed by atoms with E-state index in [0.29, 0.717) is 25.6 Å². The Bertz CT molecular complexity index is 229. The van der Waals surface area contributed by atoms with E-state index in [0.717, 1.165) is 0 Å². The molecule has 13 heavy (non-hydrogen) atoms. The lowest BCUT2D eigenvalue weighted by atomic mass is 10.4. The molecule has 1 saturated heterocycles. The predicted molar refractivity (Wildman–Crippen MR) is 46.3 cm³/mol. The normalized spacial score (nSPS) is 19.9. The zero-order chi connectivity index (χ0) is 9.84. The van der Waals surface area contributed by atoms with Gasteiger partial charge in [-0.1, -0.05) is 0 Å². The number of aliphatic carboxylic acids is 1. The Labute approximate surface area is 75.5 Å². The SMILES string of the molecule is N/N=C1\N(N)CCN1CCC(=O)O. The van der Waals surface area contributed by atoms with Crippen LogP contribution in [0.25, 0.3) is 0 Å². The number of carboxylic acid groups (broad SMARTS) is 1. The van der Waals surface area contributed by atoms with Crippen LogP contribution in [0.2, 0.25) is 0 Å². The summed E-state index contributed by atoms with van der Waals surface area (Å²) in [5.41, 5.74) is 0. The average molecular weight is 187 g/mol. The van der Waals surface area contributed by atoms with E-state index in [4.69, 9.17) is 16.8 Å². The van der Waals surface area contributed by atoms with Crippen molar-refractivity contribution in [2.75, 3.05) is 19.6 Å². The van der Waals surface area contributed by atoms with Gasteiger partial charge in [-0.05, 0) is 0 Å². The fraction of sp³-hybridized carbons (Fsp3) is 0.667. The Balaban J connectivity index is 2.47. The summed E-state index contributed by atoms with van der Waals surface area (Å²) in [6.45, 7) is 1.68. The van der Waals surface area contributed by atoms with E-state index < -0.39 is 5.97 Å². The average Bonchev–Trinajstić information content (AvgIpc) is 2.42. The fourth-order valence-corrected chi connectivity index (χ4v) is 1.21. The first-order valence-electron chi connectivity index (χ1n) is 3.92. The summed E-state index contributed by atoms with van der Waals surface area (Å²) in [4.78, 5) is 12.0. The van der Waals surface area contributed by atoms with Crippen LogP contribution in [-0.4, -0.2) is 46.6 Å². The smallest absolute Gasteiger partial charge is 0.305 e. The van der Waals surface area contributed by atoms with Gasteiger partial charge in [0, 0.05) is 13.1 Å². The molecule has 0 aromatic heterocycles. The van der Waals surface area contributed by atoms with Crippen LogP contribution < -0.4 is 11.7 Å². The Kier molecular flexibility index (Phi) is 2.91. The highest BCUT2D eigenvalue weighted by atomic mass is 16.4. The van der Waals surface area contributed by atoms with Crippen LogP contribution in [-0.2, 0) is 4.79 Å². The molecule has 0 spiro atoms. The van der Waals surface area contributed by atoms with Crippen molar-refractivity contribution in [3.8, 4) is 0 Å². The minimum atomic E-state index is -0.841. The van der Waals surface area contributed by atoms with Crippen molar-refractivity contribution in [2.45, 2.75) is 6.42 Å². The number of nitrogens with two attached hydrogens (primary N) is 2. The molecule has 1 rings (SSSR count). The lowest BCUT2D eigenvalue weighted by Crippen LogP contribution is -2.39. The van der Waals surface area contributed by atoms with Crippen LogP contribution in [0.1, 0.15) is 6.42 Å². The van der Waals surface area contributed by atoms with Crippen LogP contribution in [0.15, 0.2) is 5.10 Å². The molecule has 1 fully saturated rings. The molecule has 7 heteroatoms. The monoisotopic (exact) mass is 187 g/mol. The summed E-state index contributed by atoms with van der Waals surface area (Å²) in [6, 6.07) is 0. The maximum Gasteiger partial charge on any atom is 0.305 e. The largest absolute Gasteiger partial charge is 0.481 e. The van der Waals surface area contributed by atoms with Gasteiger partial charge in [-0.15, -0.1) is 5.10 Å². The lowest BCUT2D eigenvalue weighted by molar-refractivity contribution is -0.137. The first-order chi connectivity index (χ1) is 6.15. The molecule has 74 valence electrons. The van der Waals surface area contributed by atoms with Gasteiger partial charge in [0.2, 0.25) is 5.96 Å². The van der Waals surface area contributed by atoms with E-state index >= 15 is 0 Å². The van der Waals surface area contributed by atoms with E-state index in [1.807, 2.05) is 0 Å². The minimum Gasteiger partial charge on any atom is -0.481 e. The second-order valence-electron chi connectivity index (χ2n) is 2.75. The highest BCUT2D eigenvalue weighted by Gasteiger charge is 2.23. The number of hydrogen-bond donors (Lipinski definition) is 3. The van der Waals surface area contributed by atoms with E-state index in [2.05, 4.69) is 5.10 Å². The van der Waals surface area contributed by atoms with Crippen molar-refractivity contribution >= 4 is 11.9 Å². The van der Waals surface area contributed by atoms with Crippen LogP contribution >= 0.6 is 0 Å². The zero-order valence-corrected chi connectivity index (χ0v) is 7.18. The Morgan fingerprint density at radius 2 is 2.31 bits per heavy atom. The number of carboxylic acids is 1. The second-order valence-corrected chi connectivity index (χ2v) is 2.75. The van der Waals surface area contributed by atoms with Crippen molar-refractivity contribution in [1.82, 2.24) is 9.91 Å². The summed E-state index contributed by atoms with van der Waals surface area (Å²) in [5, 5.41) is 13.3. The number of nitrogens with zero attached hydrogens (tertiary/aromatic N) is 3. The Morgan fingerprint density at radius 3 is 2.85 bits per heavy atom. The van der Waals surface area contributed by atoms with E-state index in [-0.39, 0.29) is 6.42 Å². The first kappa shape index (κ1) is 9.59. The highest BCUT2D eigenvalue weighted by Crippen LogP contribution is 2.04. The van der Waals surface area contributed by atoms with Gasteiger partial charge in [0.25, 0.3) is 0 Å². The summed E-state index contributed by atoms with van der Waals surface area (Å²) >= 11 is 0. The van der Waals surface area contributed by atoms with Crippen molar-refractivity contribution in [1.29, 1.82) is 0 Å². The molecule has 0 radical (unpaired) electrons. The summed E-state index contributed by atoms with van der Waals surface area (Å²) in [6.07, 6.45) is 0.0624. The van der Waals surface area contributed by atoms with Gasteiger partial charge in [0.1, 0.15) is 0 Å². The van der Waals surface area contributed by atoms with Gasteiger partial charge in [0.05, 0.1) is 13.0 Å². The number of hydrazone groups is 1. The third-order valence-corrected chi connectivity index (χ3v) is 1.86. The molecule has 1 aliphatic rings. The van der Waals surface area contributed by atoms with Crippen molar-refractivity contribution < 1.29 is 9.90 Å². The summed E-state index contributed by atoms with van der Waals surface area (Å²) in [5.74, 6) is 10.2. The number of rotatable bonds is 3. The maximum atomic E-state index is 10.3. The molecule has 0 unspecified atom stereocenters. The summed E-state index contributed by atoms with van der Waals surface area (Å²) in [7, 11) is 0. The highest BCUT2D eigenvalue weighted by molar-refractivity contribution is 5.81. The van der Waals surface area contributed by atoms with Crippen LogP contribution in [0.4, 0.5) is 0 Å². The van der Waals surface area contributed by atoms with Crippen LogP contribution in [0, 0.1) is 0 Å². The van der Waals surface area contributed by atoms with Gasteiger partial charge in [-0.3, -0.25) is 9.80 Å². The third kappa shape index (κ3) is 2.22. The molecule has 0 atom stereocenters. The van der Waals surface area contributed by atoms with E-state index in [1.54, 1.807) is 4.90 Å². The maximum absolute atomic E-state index is 10.3. The second kappa shape index (κ2) is 3.94. The van der Waals surface area contributed by atoms with Gasteiger partial charge in [0.15, 0.2) is 0 Å². The first-order valence-corrected chi connectivity index (χ1v) is 3.92. The molecular formula is C6H13N5O2. The fourth-order valence-electron chi connectivity index (χ4n) is 1.21. The molecule has 1 aliphatic heterocycles. The minimum absolute atomic E-state index is 0.0624. The van der Waals surface area contributed by atoms with Crippen LogP contribution in [0.3, 0.4) is 0 Å². The van der Waals surface area contributed by atoms with Gasteiger partial charge in [-0.25, -0.2) is 5.84 Å². The van der Waals surface area contributed by atoms with E-state index in [1.165, 1.54) is 5.01 Å². The number of hydrazine groups is 1. The molecule has 5 N–H and O–H groups in total. The molecule has 0 aromatic rings. The number of guanidine groups is 1. The molecule has 0 aliphatic carbocycles. The lowest BCUT2D eigenvalue weighted by Gasteiger charge is -2.17. The van der Waals surface area contributed by atoms with Crippen molar-refractivity contribution in [2.24, 2.45) is 16.8 Å². The molecule has 0 saturated carbocycles. The van der Waals surface area contributed by atoms with Crippen LogP contribution in [0.5, 0.6) is 0 Å². The number of carbonyl (C=O) groups is 1. The zero-order valence-electron chi connectivity index (χ0n) is 7.18. The molecule has 0 amide bonds. The van der Waals surface area contributed by atoms with E-state index in [9.17, 15) is 4.79 Å². The molecule has 0 bridgehead atoms. The van der Waals surface area contributed by atoms with Gasteiger partial charge in [-0.2, -0.15) is 0 Å². The van der Waals surface area contributed by atoms with Crippen molar-refractivity contribution in [3.63, 3.8) is 0 Å². The molecule has 1 heterocycles. The number of hydrogen-bond acceptors (Lipinski definition) is 4. The predicted octanol–water partition coefficient (Wildman–Crippen LogP) is -1.82. The summed E-state index contributed by atoms with van der Waals surface area (Å²) < 4.78 is 0. The van der Waals surface area contributed by atoms with Crippen molar-refractivity contribution in [3.05, 3.63) is 0 Å². The topological polar surface area (TPSA) is 108 Å². The molecule has 0 aromatic carbocycles. The Morgan fingerprint density at radius 1 is 1.62 bits per heavy atom. The molecular weight excluding hydrogens is 174 g/mol. The Hall–Kier alpha value is -1.50. The standard InChI is InChI=1S/C6H13N5O2/c7-9-6-10(2-1-5(12)13)3-4-11(6)8/h1-4,7-8H2,(H,12,13)/b9-6-.